The highest BCUT2D eigenvalue weighted by atomic mass is 35.5. The average molecular weight is 321 g/mol. The van der Waals surface area contributed by atoms with E-state index in [2.05, 4.69) is 26.0 Å². The van der Waals surface area contributed by atoms with E-state index < -0.39 is 0 Å². The first kappa shape index (κ1) is 17.8. The maximum absolute atomic E-state index is 4.09. The number of likely N-dealkylation sites (tertiary alicyclic amines) is 1. The molecule has 0 radical (unpaired) electrons. The topological polar surface area (TPSA) is 33.1 Å². The number of imidazole rings is 1. The largest absolute Gasteiger partial charge is 0.337 e. The van der Waals surface area contributed by atoms with Crippen LogP contribution in [0, 0.1) is 5.41 Å². The molecule has 0 bridgehead atoms. The second-order valence-electron chi connectivity index (χ2n) is 5.96. The fraction of sp³-hybridized carbons (Fsp3) is 0.786. The van der Waals surface area contributed by atoms with E-state index in [1.165, 1.54) is 58.4 Å². The molecular weight excluding hydrogens is 295 g/mol. The molecule has 0 aromatic carbocycles. The van der Waals surface area contributed by atoms with E-state index in [1.54, 1.807) is 0 Å². The van der Waals surface area contributed by atoms with Gasteiger partial charge in [-0.2, -0.15) is 0 Å². The summed E-state index contributed by atoms with van der Waals surface area (Å²) in [6.07, 6.45) is 11.3. The average Bonchev–Trinajstić information content (AvgIpc) is 3.02. The second kappa shape index (κ2) is 8.23. The van der Waals surface area contributed by atoms with Crippen molar-refractivity contribution < 1.29 is 0 Å². The molecule has 3 heterocycles. The Morgan fingerprint density at radius 1 is 1.20 bits per heavy atom. The normalized spacial score (nSPS) is 26.2. The summed E-state index contributed by atoms with van der Waals surface area (Å²) in [5.41, 5.74) is 0.604. The predicted molar refractivity (Wildman–Crippen MR) is 86.9 cm³/mol. The van der Waals surface area contributed by atoms with Gasteiger partial charge in [0, 0.05) is 32.0 Å². The molecule has 2 aliphatic heterocycles. The lowest BCUT2D eigenvalue weighted by Gasteiger charge is -2.40. The number of halogens is 2. The predicted octanol–water partition coefficient (Wildman–Crippen LogP) is 2.19. The van der Waals surface area contributed by atoms with Crippen LogP contribution in [-0.2, 0) is 6.54 Å². The van der Waals surface area contributed by atoms with Crippen molar-refractivity contribution in [3.05, 3.63) is 18.7 Å². The van der Waals surface area contributed by atoms with Crippen LogP contribution in [0.25, 0.3) is 0 Å². The number of aromatic nitrogens is 2. The standard InChI is InChI=1S/C14H24N4.2ClH/c1-3-14(4-5-15-11-14)12-17(7-1)8-2-9-18-10-6-16-13-18;;/h6,10,13,15H,1-5,7-9,11-12H2;2*1H. The summed E-state index contributed by atoms with van der Waals surface area (Å²) in [7, 11) is 0. The van der Waals surface area contributed by atoms with Crippen molar-refractivity contribution in [1.29, 1.82) is 0 Å². The van der Waals surface area contributed by atoms with E-state index in [9.17, 15) is 0 Å². The molecule has 2 saturated heterocycles. The molecule has 0 aliphatic carbocycles. The summed E-state index contributed by atoms with van der Waals surface area (Å²) < 4.78 is 2.18. The van der Waals surface area contributed by atoms with Crippen LogP contribution in [0.5, 0.6) is 0 Å². The Morgan fingerprint density at radius 3 is 2.80 bits per heavy atom. The molecule has 1 N–H and O–H groups in total. The molecule has 1 aromatic heterocycles. The third-order valence-electron chi connectivity index (χ3n) is 4.52. The van der Waals surface area contributed by atoms with Gasteiger partial charge < -0.3 is 14.8 Å². The zero-order valence-electron chi connectivity index (χ0n) is 12.0. The first-order valence-corrected chi connectivity index (χ1v) is 7.25. The summed E-state index contributed by atoms with van der Waals surface area (Å²) in [6, 6.07) is 0. The third kappa shape index (κ3) is 4.35. The number of rotatable bonds is 4. The van der Waals surface area contributed by atoms with E-state index in [4.69, 9.17) is 0 Å². The van der Waals surface area contributed by atoms with E-state index in [-0.39, 0.29) is 24.8 Å². The highest BCUT2D eigenvalue weighted by molar-refractivity contribution is 5.85. The van der Waals surface area contributed by atoms with Crippen LogP contribution >= 0.6 is 24.8 Å². The van der Waals surface area contributed by atoms with Crippen molar-refractivity contribution in [2.75, 3.05) is 32.7 Å². The number of nitrogens with one attached hydrogen (secondary N) is 1. The summed E-state index contributed by atoms with van der Waals surface area (Å²) in [6.45, 7) is 7.41. The molecule has 0 saturated carbocycles. The number of aryl methyl sites for hydroxylation is 1. The molecule has 116 valence electrons. The smallest absolute Gasteiger partial charge is 0.0945 e. The van der Waals surface area contributed by atoms with Crippen LogP contribution in [0.1, 0.15) is 25.7 Å². The molecule has 6 heteroatoms. The van der Waals surface area contributed by atoms with Crippen LogP contribution in [0.3, 0.4) is 0 Å². The van der Waals surface area contributed by atoms with Crippen molar-refractivity contribution in [2.24, 2.45) is 5.41 Å². The maximum atomic E-state index is 4.09. The molecule has 1 aromatic rings. The lowest BCUT2D eigenvalue weighted by molar-refractivity contribution is 0.101. The lowest BCUT2D eigenvalue weighted by Crippen LogP contribution is -2.44. The van der Waals surface area contributed by atoms with Gasteiger partial charge in [-0.1, -0.05) is 0 Å². The molecule has 0 amide bonds. The first-order chi connectivity index (χ1) is 8.86. The minimum absolute atomic E-state index is 0. The monoisotopic (exact) mass is 320 g/mol. The van der Waals surface area contributed by atoms with Crippen molar-refractivity contribution in [3.8, 4) is 0 Å². The van der Waals surface area contributed by atoms with Crippen LogP contribution in [0.2, 0.25) is 0 Å². The number of nitrogens with zero attached hydrogens (tertiary/aromatic N) is 3. The zero-order valence-corrected chi connectivity index (χ0v) is 13.6. The molecule has 1 atom stereocenters. The minimum atomic E-state index is 0. The Bertz CT molecular complexity index is 363. The Kier molecular flexibility index (Phi) is 7.30. The van der Waals surface area contributed by atoms with Crippen molar-refractivity contribution in [1.82, 2.24) is 19.8 Å². The molecule has 2 aliphatic rings. The van der Waals surface area contributed by atoms with E-state index in [1.807, 2.05) is 12.5 Å². The molecule has 3 rings (SSSR count). The molecule has 2 fully saturated rings. The molecular formula is C14H26Cl2N4. The molecule has 4 nitrogen and oxygen atoms in total. The van der Waals surface area contributed by atoms with Crippen molar-refractivity contribution >= 4 is 24.8 Å². The second-order valence-corrected chi connectivity index (χ2v) is 5.96. The molecule has 1 unspecified atom stereocenters. The van der Waals surface area contributed by atoms with Gasteiger partial charge in [-0.05, 0) is 50.7 Å². The molecule has 1 spiro atoms. The minimum Gasteiger partial charge on any atom is -0.337 e. The van der Waals surface area contributed by atoms with Crippen LogP contribution in [0.4, 0.5) is 0 Å². The van der Waals surface area contributed by atoms with Gasteiger partial charge in [0.1, 0.15) is 0 Å². The summed E-state index contributed by atoms with van der Waals surface area (Å²) in [4.78, 5) is 6.76. The quantitative estimate of drug-likeness (QED) is 0.923. The highest BCUT2D eigenvalue weighted by Gasteiger charge is 2.37. The SMILES string of the molecule is Cl.Cl.c1cn(CCCN2CCCC3(CCNC3)C2)cn1. The van der Waals surface area contributed by atoms with Gasteiger partial charge in [-0.15, -0.1) is 24.8 Å². The lowest BCUT2D eigenvalue weighted by atomic mass is 9.79. The zero-order chi connectivity index (χ0) is 12.3. The molecule has 20 heavy (non-hydrogen) atoms. The Labute approximate surface area is 134 Å². The van der Waals surface area contributed by atoms with Gasteiger partial charge >= 0.3 is 0 Å². The van der Waals surface area contributed by atoms with Gasteiger partial charge in [0.05, 0.1) is 6.33 Å². The van der Waals surface area contributed by atoms with Crippen LogP contribution < -0.4 is 5.32 Å². The number of hydrogen-bond donors (Lipinski definition) is 1. The Morgan fingerprint density at radius 2 is 2.10 bits per heavy atom. The van der Waals surface area contributed by atoms with E-state index in [0.29, 0.717) is 5.41 Å². The fourth-order valence-corrected chi connectivity index (χ4v) is 3.54. The van der Waals surface area contributed by atoms with Gasteiger partial charge in [0.15, 0.2) is 0 Å². The van der Waals surface area contributed by atoms with Crippen LogP contribution in [-0.4, -0.2) is 47.2 Å². The number of piperidine rings is 1. The van der Waals surface area contributed by atoms with Gasteiger partial charge in [-0.3, -0.25) is 0 Å². The van der Waals surface area contributed by atoms with Crippen molar-refractivity contribution in [3.63, 3.8) is 0 Å². The highest BCUT2D eigenvalue weighted by Crippen LogP contribution is 2.35. The number of hydrogen-bond acceptors (Lipinski definition) is 3. The van der Waals surface area contributed by atoms with Gasteiger partial charge in [0.2, 0.25) is 0 Å². The summed E-state index contributed by atoms with van der Waals surface area (Å²) >= 11 is 0. The fourth-order valence-electron chi connectivity index (χ4n) is 3.54. The Hall–Kier alpha value is -0.290. The van der Waals surface area contributed by atoms with E-state index >= 15 is 0 Å². The Balaban J connectivity index is 0.000001000. The van der Waals surface area contributed by atoms with Gasteiger partial charge in [0.25, 0.3) is 0 Å². The maximum Gasteiger partial charge on any atom is 0.0945 e. The van der Waals surface area contributed by atoms with E-state index in [0.717, 1.165) is 6.54 Å². The first-order valence-electron chi connectivity index (χ1n) is 7.25. The summed E-state index contributed by atoms with van der Waals surface area (Å²) in [5, 5.41) is 3.54. The summed E-state index contributed by atoms with van der Waals surface area (Å²) in [5.74, 6) is 0. The van der Waals surface area contributed by atoms with Crippen molar-refractivity contribution in [2.45, 2.75) is 32.2 Å². The van der Waals surface area contributed by atoms with Gasteiger partial charge in [-0.25, -0.2) is 4.98 Å². The third-order valence-corrected chi connectivity index (χ3v) is 4.52. The van der Waals surface area contributed by atoms with Crippen LogP contribution in [0.15, 0.2) is 18.7 Å².